The van der Waals surface area contributed by atoms with Crippen molar-refractivity contribution in [3.63, 3.8) is 0 Å². The van der Waals surface area contributed by atoms with E-state index in [0.717, 1.165) is 108 Å². The van der Waals surface area contributed by atoms with Crippen LogP contribution in [0.2, 0.25) is 0 Å². The fourth-order valence-electron chi connectivity index (χ4n) is 7.55. The quantitative estimate of drug-likeness (QED) is 0.0118. The first-order chi connectivity index (χ1) is 39.4. The van der Waals surface area contributed by atoms with Crippen molar-refractivity contribution in [1.29, 1.82) is 0 Å². The van der Waals surface area contributed by atoms with Crippen LogP contribution in [0.15, 0.2) is 153 Å². The average Bonchev–Trinajstić information content (AvgIpc) is 3.58. The molecule has 0 bridgehead atoms. The van der Waals surface area contributed by atoms with E-state index in [2.05, 4.69) is 19.7 Å². The predicted molar refractivity (Wildman–Crippen MR) is 301 cm³/mol. The highest BCUT2D eigenvalue weighted by Gasteiger charge is 2.21. The smallest absolute Gasteiger partial charge is 0.343 e. The van der Waals surface area contributed by atoms with Crippen LogP contribution in [-0.2, 0) is 39.9 Å². The van der Waals surface area contributed by atoms with Crippen LogP contribution >= 0.6 is 0 Å². The summed E-state index contributed by atoms with van der Waals surface area (Å²) in [5.41, 5.74) is 1.04. The van der Waals surface area contributed by atoms with E-state index in [1.54, 1.807) is 84.9 Å². The Morgan fingerprint density at radius 3 is 1.02 bits per heavy atom. The maximum absolute atomic E-state index is 13.8. The van der Waals surface area contributed by atoms with Crippen molar-refractivity contribution in [2.75, 3.05) is 39.6 Å². The molecule has 17 heteroatoms. The zero-order valence-corrected chi connectivity index (χ0v) is 45.6. The normalized spacial score (nSPS) is 10.5. The highest BCUT2D eigenvalue weighted by Crippen LogP contribution is 2.29. The topological polar surface area (TPSA) is 212 Å². The molecule has 5 rings (SSSR count). The third kappa shape index (κ3) is 24.3. The zero-order valence-electron chi connectivity index (χ0n) is 45.6. The van der Waals surface area contributed by atoms with Crippen molar-refractivity contribution in [2.45, 2.75) is 96.5 Å². The Bertz CT molecular complexity index is 2820. The molecule has 5 aromatic carbocycles. The van der Waals surface area contributed by atoms with E-state index in [0.29, 0.717) is 68.0 Å². The fraction of sp³-hybridized carbons (Fsp3) is 0.328. The van der Waals surface area contributed by atoms with E-state index in [1.165, 1.54) is 30.3 Å². The third-order valence-corrected chi connectivity index (χ3v) is 12.0. The lowest BCUT2D eigenvalue weighted by molar-refractivity contribution is -0.138. The summed E-state index contributed by atoms with van der Waals surface area (Å²) < 4.78 is 55.1. The Balaban J connectivity index is 1.14. The molecule has 0 spiro atoms. The SMILES string of the molecule is C=CC(=O)OCCCCCCCOc1ccc(C(=O)Oc2ccc(OC(=O)c3ccc(OCCCCCCCOC(=O)C=C)cc3)c(C(=O)OCc3ccc(OC(=O)c4ccc(OCCCCCCOC(=O)C=C)cc4)cc3)c2)cc1. The molecule has 0 radical (unpaired) electrons. The van der Waals surface area contributed by atoms with Crippen molar-refractivity contribution in [2.24, 2.45) is 0 Å². The van der Waals surface area contributed by atoms with Gasteiger partial charge in [-0.15, -0.1) is 0 Å². The number of hydrogen-bond acceptors (Lipinski definition) is 17. The van der Waals surface area contributed by atoms with Gasteiger partial charge >= 0.3 is 41.8 Å². The Kier molecular flexibility index (Phi) is 28.1. The molecule has 0 saturated carbocycles. The maximum atomic E-state index is 13.8. The average molecular weight is 1110 g/mol. The molecule has 0 saturated heterocycles. The van der Waals surface area contributed by atoms with Crippen LogP contribution in [0.4, 0.5) is 0 Å². The predicted octanol–water partition coefficient (Wildman–Crippen LogP) is 12.5. The molecular formula is C64H70O17. The van der Waals surface area contributed by atoms with Gasteiger partial charge in [0.1, 0.15) is 46.7 Å². The van der Waals surface area contributed by atoms with Gasteiger partial charge in [0.15, 0.2) is 0 Å². The van der Waals surface area contributed by atoms with Crippen LogP contribution in [0.3, 0.4) is 0 Å². The standard InChI is InChI=1S/C64H70O17/c1-4-58(65)75-42-18-11-7-9-15-39-72-52-33-25-49(26-34-52)62(69)80-55-37-38-57(81-63(70)50-27-35-53(36-28-50)73-40-16-10-8-12-19-43-76-59(66)5-2)56(45-55)64(71)78-46-47-21-29-54(30-22-47)79-61(68)48-23-31-51(32-24-48)74-41-17-13-14-20-44-77-60(67)6-3/h4-6,21-38,45H,1-3,7-20,39-44,46H2. The van der Waals surface area contributed by atoms with Gasteiger partial charge in [0.25, 0.3) is 0 Å². The number of esters is 7. The monoisotopic (exact) mass is 1110 g/mol. The van der Waals surface area contributed by atoms with Gasteiger partial charge < -0.3 is 47.4 Å². The minimum absolute atomic E-state index is 0.0243. The minimum atomic E-state index is -0.891. The van der Waals surface area contributed by atoms with Gasteiger partial charge in [-0.3, -0.25) is 0 Å². The molecule has 428 valence electrons. The van der Waals surface area contributed by atoms with Gasteiger partial charge in [-0.2, -0.15) is 0 Å². The second-order valence-electron chi connectivity index (χ2n) is 18.2. The molecule has 0 amide bonds. The van der Waals surface area contributed by atoms with Crippen LogP contribution in [0.5, 0.6) is 34.5 Å². The molecule has 0 atom stereocenters. The Labute approximate surface area is 472 Å². The van der Waals surface area contributed by atoms with Crippen LogP contribution in [0.1, 0.15) is 137 Å². The molecule has 0 aliphatic heterocycles. The number of benzene rings is 5. The van der Waals surface area contributed by atoms with Crippen LogP contribution in [0, 0.1) is 0 Å². The third-order valence-electron chi connectivity index (χ3n) is 12.0. The summed E-state index contributed by atoms with van der Waals surface area (Å²) in [4.78, 5) is 87.1. The summed E-state index contributed by atoms with van der Waals surface area (Å²) in [7, 11) is 0. The molecule has 0 heterocycles. The molecule has 0 unspecified atom stereocenters. The second kappa shape index (κ2) is 36.2. The van der Waals surface area contributed by atoms with Gasteiger partial charge in [-0.05, 0) is 160 Å². The number of rotatable bonds is 38. The van der Waals surface area contributed by atoms with E-state index in [4.69, 9.17) is 47.4 Å². The number of carbonyl (C=O) groups excluding carboxylic acids is 7. The molecular weight excluding hydrogens is 1040 g/mol. The highest BCUT2D eigenvalue weighted by atomic mass is 16.6. The van der Waals surface area contributed by atoms with Crippen molar-refractivity contribution in [1.82, 2.24) is 0 Å². The first-order valence-corrected chi connectivity index (χ1v) is 27.1. The Morgan fingerprint density at radius 2 is 0.642 bits per heavy atom. The molecule has 0 aromatic heterocycles. The summed E-state index contributed by atoms with van der Waals surface area (Å²) in [6, 6.07) is 29.7. The van der Waals surface area contributed by atoms with Gasteiger partial charge in [0, 0.05) is 18.2 Å². The number of carbonyl (C=O) groups is 7. The first kappa shape index (κ1) is 62.8. The summed E-state index contributed by atoms with van der Waals surface area (Å²) in [5, 5.41) is 0. The Morgan fingerprint density at radius 1 is 0.321 bits per heavy atom. The summed E-state index contributed by atoms with van der Waals surface area (Å²) >= 11 is 0. The van der Waals surface area contributed by atoms with Gasteiger partial charge in [0.05, 0.1) is 56.3 Å². The Hall–Kier alpha value is -8.99. The molecule has 0 aliphatic carbocycles. The molecule has 0 fully saturated rings. The van der Waals surface area contributed by atoms with E-state index in [9.17, 15) is 33.6 Å². The van der Waals surface area contributed by atoms with Gasteiger partial charge in [-0.1, -0.05) is 70.4 Å². The van der Waals surface area contributed by atoms with E-state index < -0.39 is 41.8 Å². The first-order valence-electron chi connectivity index (χ1n) is 27.1. The molecule has 0 N–H and O–H groups in total. The number of ether oxygens (including phenoxy) is 10. The van der Waals surface area contributed by atoms with E-state index in [1.807, 2.05) is 0 Å². The van der Waals surface area contributed by atoms with Gasteiger partial charge in [0.2, 0.25) is 0 Å². The number of unbranched alkanes of at least 4 members (excludes halogenated alkanes) is 11. The second-order valence-corrected chi connectivity index (χ2v) is 18.2. The maximum Gasteiger partial charge on any atom is 0.343 e. The zero-order chi connectivity index (χ0) is 57.9. The van der Waals surface area contributed by atoms with Crippen molar-refractivity contribution >= 4 is 41.8 Å². The van der Waals surface area contributed by atoms with Crippen molar-refractivity contribution in [3.05, 3.63) is 181 Å². The minimum Gasteiger partial charge on any atom is -0.494 e. The van der Waals surface area contributed by atoms with E-state index in [-0.39, 0.29) is 40.5 Å². The highest BCUT2D eigenvalue weighted by molar-refractivity contribution is 5.97. The largest absolute Gasteiger partial charge is 0.494 e. The van der Waals surface area contributed by atoms with Crippen LogP contribution in [0.25, 0.3) is 0 Å². The lowest BCUT2D eigenvalue weighted by Crippen LogP contribution is -2.14. The van der Waals surface area contributed by atoms with Gasteiger partial charge in [-0.25, -0.2) is 33.6 Å². The molecule has 17 nitrogen and oxygen atoms in total. The molecule has 81 heavy (non-hydrogen) atoms. The van der Waals surface area contributed by atoms with Crippen molar-refractivity contribution < 1.29 is 80.9 Å². The summed E-state index contributed by atoms with van der Waals surface area (Å²) in [6.07, 6.45) is 15.6. The van der Waals surface area contributed by atoms with E-state index >= 15 is 0 Å². The van der Waals surface area contributed by atoms with Crippen molar-refractivity contribution in [3.8, 4) is 34.5 Å². The summed E-state index contributed by atoms with van der Waals surface area (Å²) in [6.45, 7) is 12.4. The lowest BCUT2D eigenvalue weighted by atomic mass is 10.1. The molecule has 5 aromatic rings. The van der Waals surface area contributed by atoms with Crippen LogP contribution < -0.4 is 28.4 Å². The lowest BCUT2D eigenvalue weighted by Gasteiger charge is -2.13. The fourth-order valence-corrected chi connectivity index (χ4v) is 7.55. The van der Waals surface area contributed by atoms with Crippen LogP contribution in [-0.4, -0.2) is 81.4 Å². The summed E-state index contributed by atoms with van der Waals surface area (Å²) in [5.74, 6) is -2.46. The molecule has 0 aliphatic rings. The number of hydrogen-bond donors (Lipinski definition) is 0.